The number of unbranched alkanes of at least 4 members (excludes halogenated alkanes) is 1. The predicted octanol–water partition coefficient (Wildman–Crippen LogP) is 7.27. The minimum Gasteiger partial charge on any atom is -0.118 e. The van der Waals surface area contributed by atoms with Crippen molar-refractivity contribution in [3.05, 3.63) is 33.8 Å². The summed E-state index contributed by atoms with van der Waals surface area (Å²) >= 11 is 18.7. The molecule has 1 fully saturated rings. The van der Waals surface area contributed by atoms with E-state index in [-0.39, 0.29) is 5.38 Å². The van der Waals surface area contributed by atoms with Gasteiger partial charge in [-0.05, 0) is 42.4 Å². The van der Waals surface area contributed by atoms with Gasteiger partial charge in [-0.1, -0.05) is 68.3 Å². The normalized spacial score (nSPS) is 24.6. The number of hydrogen-bond acceptors (Lipinski definition) is 0. The van der Waals surface area contributed by atoms with Gasteiger partial charge in [-0.3, -0.25) is 0 Å². The second-order valence-electron chi connectivity index (χ2n) is 6.00. The minimum atomic E-state index is 0.0666. The first-order valence-electron chi connectivity index (χ1n) is 7.70. The molecule has 1 atom stereocenters. The second-order valence-corrected chi connectivity index (χ2v) is 7.28. The summed E-state index contributed by atoms with van der Waals surface area (Å²) in [5, 5.41) is 1.27. The highest BCUT2D eigenvalue weighted by molar-refractivity contribution is 6.42. The van der Waals surface area contributed by atoms with Crippen molar-refractivity contribution in [2.75, 3.05) is 0 Å². The Bertz CT molecular complexity index is 422. The summed E-state index contributed by atoms with van der Waals surface area (Å²) in [5.74, 6) is 1.50. The van der Waals surface area contributed by atoms with Crippen LogP contribution in [0.5, 0.6) is 0 Å². The monoisotopic (exact) mass is 332 g/mol. The quantitative estimate of drug-likeness (QED) is 0.497. The Balaban J connectivity index is 1.91. The Kier molecular flexibility index (Phi) is 6.52. The molecule has 0 bridgehead atoms. The van der Waals surface area contributed by atoms with Gasteiger partial charge in [0.15, 0.2) is 0 Å². The Labute approximate surface area is 137 Å². The van der Waals surface area contributed by atoms with Crippen molar-refractivity contribution in [2.45, 2.75) is 57.2 Å². The zero-order valence-electron chi connectivity index (χ0n) is 12.0. The topological polar surface area (TPSA) is 0 Å². The Hall–Kier alpha value is 0.0900. The molecular formula is C17H23Cl3. The minimum absolute atomic E-state index is 0.0666. The predicted molar refractivity (Wildman–Crippen MR) is 90.0 cm³/mol. The third-order valence-corrected chi connectivity index (χ3v) is 5.88. The summed E-state index contributed by atoms with van der Waals surface area (Å²) in [7, 11) is 0. The number of rotatable bonds is 5. The fourth-order valence-corrected chi connectivity index (χ4v) is 3.91. The summed E-state index contributed by atoms with van der Waals surface area (Å²) in [6.45, 7) is 2.27. The average Bonchev–Trinajstić information content (AvgIpc) is 2.48. The molecule has 0 aliphatic heterocycles. The van der Waals surface area contributed by atoms with Crippen LogP contribution in [0.25, 0.3) is 0 Å². The van der Waals surface area contributed by atoms with E-state index in [9.17, 15) is 0 Å². The maximum Gasteiger partial charge on any atom is 0.0613 e. The van der Waals surface area contributed by atoms with E-state index in [4.69, 9.17) is 34.8 Å². The molecule has 112 valence electrons. The molecule has 0 aromatic heterocycles. The number of alkyl halides is 1. The molecule has 0 amide bonds. The van der Waals surface area contributed by atoms with Gasteiger partial charge in [-0.2, -0.15) is 0 Å². The molecular weight excluding hydrogens is 311 g/mol. The lowest BCUT2D eigenvalue weighted by molar-refractivity contribution is 0.254. The van der Waals surface area contributed by atoms with Crippen LogP contribution in [0.15, 0.2) is 18.2 Å². The van der Waals surface area contributed by atoms with Crippen LogP contribution < -0.4 is 0 Å². The van der Waals surface area contributed by atoms with Gasteiger partial charge in [0.2, 0.25) is 0 Å². The molecule has 1 aliphatic rings. The molecule has 0 heterocycles. The van der Waals surface area contributed by atoms with E-state index < -0.39 is 0 Å². The SMILES string of the molecule is CCCCC1CCC(C(Cl)c2ccc(Cl)c(Cl)c2)CC1. The molecule has 0 spiro atoms. The summed E-state index contributed by atoms with van der Waals surface area (Å²) in [6.07, 6.45) is 9.20. The molecule has 1 aliphatic carbocycles. The van der Waals surface area contributed by atoms with Crippen molar-refractivity contribution in [3.63, 3.8) is 0 Å². The van der Waals surface area contributed by atoms with E-state index in [2.05, 4.69) is 6.92 Å². The molecule has 1 unspecified atom stereocenters. The van der Waals surface area contributed by atoms with Crippen molar-refractivity contribution in [2.24, 2.45) is 11.8 Å². The molecule has 20 heavy (non-hydrogen) atoms. The molecule has 0 nitrogen and oxygen atoms in total. The third kappa shape index (κ3) is 4.29. The second kappa shape index (κ2) is 7.92. The summed E-state index contributed by atoms with van der Waals surface area (Å²) < 4.78 is 0. The van der Waals surface area contributed by atoms with Crippen molar-refractivity contribution in [3.8, 4) is 0 Å². The maximum atomic E-state index is 6.66. The lowest BCUT2D eigenvalue weighted by Crippen LogP contribution is -2.18. The van der Waals surface area contributed by atoms with Gasteiger partial charge in [0.05, 0.1) is 15.4 Å². The first-order valence-corrected chi connectivity index (χ1v) is 8.90. The van der Waals surface area contributed by atoms with Crippen LogP contribution in [0, 0.1) is 11.8 Å². The van der Waals surface area contributed by atoms with Crippen molar-refractivity contribution in [1.82, 2.24) is 0 Å². The van der Waals surface area contributed by atoms with E-state index in [1.165, 1.54) is 44.9 Å². The van der Waals surface area contributed by atoms with Gasteiger partial charge < -0.3 is 0 Å². The largest absolute Gasteiger partial charge is 0.118 e. The van der Waals surface area contributed by atoms with Gasteiger partial charge in [-0.15, -0.1) is 11.6 Å². The molecule has 0 saturated heterocycles. The highest BCUT2D eigenvalue weighted by Gasteiger charge is 2.27. The Morgan fingerprint density at radius 1 is 1.10 bits per heavy atom. The van der Waals surface area contributed by atoms with Crippen molar-refractivity contribution < 1.29 is 0 Å². The highest BCUT2D eigenvalue weighted by Crippen LogP contribution is 2.42. The van der Waals surface area contributed by atoms with Gasteiger partial charge >= 0.3 is 0 Å². The fourth-order valence-electron chi connectivity index (χ4n) is 3.22. The van der Waals surface area contributed by atoms with Crippen LogP contribution in [-0.2, 0) is 0 Å². The molecule has 2 rings (SSSR count). The Morgan fingerprint density at radius 3 is 2.40 bits per heavy atom. The van der Waals surface area contributed by atoms with E-state index in [1.54, 1.807) is 0 Å². The first-order chi connectivity index (χ1) is 9.61. The van der Waals surface area contributed by atoms with Gasteiger partial charge in [0, 0.05) is 0 Å². The van der Waals surface area contributed by atoms with Crippen LogP contribution in [-0.4, -0.2) is 0 Å². The third-order valence-electron chi connectivity index (χ3n) is 4.53. The van der Waals surface area contributed by atoms with Crippen LogP contribution in [0.1, 0.15) is 62.8 Å². The number of hydrogen-bond donors (Lipinski definition) is 0. The number of benzene rings is 1. The van der Waals surface area contributed by atoms with Crippen LogP contribution >= 0.6 is 34.8 Å². The smallest absolute Gasteiger partial charge is 0.0613 e. The summed E-state index contributed by atoms with van der Waals surface area (Å²) in [5.41, 5.74) is 1.11. The van der Waals surface area contributed by atoms with E-state index in [0.717, 1.165) is 11.5 Å². The Morgan fingerprint density at radius 2 is 1.80 bits per heavy atom. The lowest BCUT2D eigenvalue weighted by Gasteiger charge is -2.31. The zero-order valence-corrected chi connectivity index (χ0v) is 14.3. The van der Waals surface area contributed by atoms with Crippen molar-refractivity contribution >= 4 is 34.8 Å². The van der Waals surface area contributed by atoms with E-state index >= 15 is 0 Å². The lowest BCUT2D eigenvalue weighted by atomic mass is 9.77. The molecule has 0 radical (unpaired) electrons. The number of halogens is 3. The average molecular weight is 334 g/mol. The highest BCUT2D eigenvalue weighted by atomic mass is 35.5. The summed E-state index contributed by atoms with van der Waals surface area (Å²) in [6, 6.07) is 5.78. The first kappa shape index (κ1) is 16.5. The van der Waals surface area contributed by atoms with Crippen molar-refractivity contribution in [1.29, 1.82) is 0 Å². The molecule has 1 aromatic rings. The fraction of sp³-hybridized carbons (Fsp3) is 0.647. The van der Waals surface area contributed by atoms with Gasteiger partial charge in [0.25, 0.3) is 0 Å². The molecule has 3 heteroatoms. The van der Waals surface area contributed by atoms with Crippen LogP contribution in [0.2, 0.25) is 10.0 Å². The van der Waals surface area contributed by atoms with Crippen LogP contribution in [0.4, 0.5) is 0 Å². The van der Waals surface area contributed by atoms with Gasteiger partial charge in [-0.25, -0.2) is 0 Å². The van der Waals surface area contributed by atoms with Gasteiger partial charge in [0.1, 0.15) is 0 Å². The van der Waals surface area contributed by atoms with E-state index in [0.29, 0.717) is 16.0 Å². The maximum absolute atomic E-state index is 6.66. The standard InChI is InChI=1S/C17H23Cl3/c1-2-3-4-12-5-7-13(8-6-12)17(20)14-9-10-15(18)16(19)11-14/h9-13,17H,2-8H2,1H3. The van der Waals surface area contributed by atoms with E-state index in [1.807, 2.05) is 18.2 Å². The van der Waals surface area contributed by atoms with Crippen LogP contribution in [0.3, 0.4) is 0 Å². The summed E-state index contributed by atoms with van der Waals surface area (Å²) in [4.78, 5) is 0. The molecule has 1 saturated carbocycles. The zero-order chi connectivity index (χ0) is 14.5. The molecule has 0 N–H and O–H groups in total. The molecule has 1 aromatic carbocycles.